The predicted molar refractivity (Wildman–Crippen MR) is 117 cm³/mol. The largest absolute Gasteiger partial charge is 0.493 e. The van der Waals surface area contributed by atoms with Crippen LogP contribution in [0.4, 0.5) is 5.00 Å². The third kappa shape index (κ3) is 4.22. The third-order valence-corrected chi connectivity index (χ3v) is 6.09. The minimum absolute atomic E-state index is 0.151. The van der Waals surface area contributed by atoms with E-state index in [1.807, 2.05) is 25.1 Å². The van der Waals surface area contributed by atoms with E-state index >= 15 is 0 Å². The van der Waals surface area contributed by atoms with E-state index < -0.39 is 0 Å². The van der Waals surface area contributed by atoms with Crippen molar-refractivity contribution in [3.63, 3.8) is 0 Å². The average molecular weight is 412 g/mol. The lowest BCUT2D eigenvalue weighted by Crippen LogP contribution is -2.07. The lowest BCUT2D eigenvalue weighted by Gasteiger charge is -2.14. The second kappa shape index (κ2) is 9.01. The quantitative estimate of drug-likeness (QED) is 0.545. The van der Waals surface area contributed by atoms with Crippen LogP contribution < -0.4 is 19.9 Å². The maximum absolute atomic E-state index is 13.3. The van der Waals surface area contributed by atoms with Crippen molar-refractivity contribution in [3.8, 4) is 17.2 Å². The van der Waals surface area contributed by atoms with Gasteiger partial charge < -0.3 is 19.9 Å². The molecule has 1 aromatic heterocycles. The van der Waals surface area contributed by atoms with E-state index in [0.29, 0.717) is 33.4 Å². The van der Waals surface area contributed by atoms with E-state index in [9.17, 15) is 4.79 Å². The lowest BCUT2D eigenvalue weighted by atomic mass is 9.98. The summed E-state index contributed by atoms with van der Waals surface area (Å²) in [4.78, 5) is 14.4. The number of carbonyl (C=O) groups is 1. The zero-order valence-corrected chi connectivity index (χ0v) is 17.9. The monoisotopic (exact) mass is 411 g/mol. The molecule has 0 atom stereocenters. The zero-order chi connectivity index (χ0) is 21.0. The Morgan fingerprint density at radius 1 is 0.966 bits per heavy atom. The molecule has 0 unspecified atom stereocenters. The Bertz CT molecular complexity index is 986. The van der Waals surface area contributed by atoms with Crippen LogP contribution in [0.15, 0.2) is 42.5 Å². The predicted octanol–water partition coefficient (Wildman–Crippen LogP) is 4.68. The van der Waals surface area contributed by atoms with Crippen molar-refractivity contribution in [2.45, 2.75) is 19.8 Å². The molecule has 2 aromatic carbocycles. The van der Waals surface area contributed by atoms with E-state index in [1.165, 1.54) is 38.2 Å². The molecule has 5 nitrogen and oxygen atoms in total. The zero-order valence-electron chi connectivity index (χ0n) is 17.1. The second-order valence-corrected chi connectivity index (χ2v) is 7.75. The highest BCUT2D eigenvalue weighted by atomic mass is 32.1. The highest BCUT2D eigenvalue weighted by molar-refractivity contribution is 7.16. The Kier molecular flexibility index (Phi) is 6.44. The summed E-state index contributed by atoms with van der Waals surface area (Å²) in [6.07, 6.45) is 1.74. The first kappa shape index (κ1) is 20.7. The molecule has 0 spiro atoms. The SMILES string of the molecule is COc1cc(C(=O)c2c(N)sc(CCc3ccccc3)c2C)cc(OC)c1OC. The Morgan fingerprint density at radius 3 is 2.14 bits per heavy atom. The smallest absolute Gasteiger partial charge is 0.203 e. The summed E-state index contributed by atoms with van der Waals surface area (Å²) in [5.41, 5.74) is 9.44. The van der Waals surface area contributed by atoms with Gasteiger partial charge in [0.05, 0.1) is 31.9 Å². The van der Waals surface area contributed by atoms with Gasteiger partial charge in [-0.1, -0.05) is 30.3 Å². The Balaban J connectivity index is 1.93. The maximum Gasteiger partial charge on any atom is 0.203 e. The summed E-state index contributed by atoms with van der Waals surface area (Å²) >= 11 is 1.48. The van der Waals surface area contributed by atoms with Gasteiger partial charge in [-0.05, 0) is 43.0 Å². The Labute approximate surface area is 175 Å². The number of ether oxygens (including phenoxy) is 3. The van der Waals surface area contributed by atoms with Crippen molar-refractivity contribution >= 4 is 22.1 Å². The molecular formula is C23H25NO4S. The van der Waals surface area contributed by atoms with E-state index in [2.05, 4.69) is 12.1 Å². The number of hydrogen-bond donors (Lipinski definition) is 1. The summed E-state index contributed by atoms with van der Waals surface area (Å²) in [7, 11) is 4.58. The van der Waals surface area contributed by atoms with Crippen LogP contribution in [0.25, 0.3) is 0 Å². The van der Waals surface area contributed by atoms with E-state index in [1.54, 1.807) is 12.1 Å². The molecule has 152 valence electrons. The van der Waals surface area contributed by atoms with Crippen LogP contribution >= 0.6 is 11.3 Å². The van der Waals surface area contributed by atoms with Crippen LogP contribution in [0.1, 0.15) is 31.9 Å². The minimum Gasteiger partial charge on any atom is -0.493 e. The number of rotatable bonds is 8. The van der Waals surface area contributed by atoms with Gasteiger partial charge in [0.25, 0.3) is 0 Å². The number of nitrogens with two attached hydrogens (primary N) is 1. The first-order chi connectivity index (χ1) is 14.0. The highest BCUT2D eigenvalue weighted by Crippen LogP contribution is 2.40. The molecule has 0 saturated carbocycles. The van der Waals surface area contributed by atoms with E-state index in [0.717, 1.165) is 23.3 Å². The number of carbonyl (C=O) groups excluding carboxylic acids is 1. The number of methoxy groups -OCH3 is 3. The van der Waals surface area contributed by atoms with Gasteiger partial charge in [-0.3, -0.25) is 4.79 Å². The fourth-order valence-corrected chi connectivity index (χ4v) is 4.44. The van der Waals surface area contributed by atoms with Gasteiger partial charge in [0.1, 0.15) is 0 Å². The molecule has 0 aliphatic heterocycles. The molecule has 0 aliphatic rings. The number of thiophene rings is 1. The maximum atomic E-state index is 13.3. The molecule has 0 amide bonds. The number of ketones is 1. The van der Waals surface area contributed by atoms with E-state index in [4.69, 9.17) is 19.9 Å². The van der Waals surface area contributed by atoms with Crippen LogP contribution in [-0.4, -0.2) is 27.1 Å². The first-order valence-corrected chi connectivity index (χ1v) is 10.1. The van der Waals surface area contributed by atoms with Crippen molar-refractivity contribution < 1.29 is 19.0 Å². The number of benzene rings is 2. The molecule has 0 aliphatic carbocycles. The van der Waals surface area contributed by atoms with Crippen molar-refractivity contribution in [2.24, 2.45) is 0 Å². The minimum atomic E-state index is -0.151. The van der Waals surface area contributed by atoms with Crippen LogP contribution in [-0.2, 0) is 12.8 Å². The number of nitrogen functional groups attached to an aromatic ring is 1. The van der Waals surface area contributed by atoms with Gasteiger partial charge in [0.2, 0.25) is 5.75 Å². The first-order valence-electron chi connectivity index (χ1n) is 9.26. The van der Waals surface area contributed by atoms with Gasteiger partial charge in [-0.15, -0.1) is 11.3 Å². The van der Waals surface area contributed by atoms with E-state index in [-0.39, 0.29) is 5.78 Å². The van der Waals surface area contributed by atoms with Crippen LogP contribution in [0.3, 0.4) is 0 Å². The summed E-state index contributed by atoms with van der Waals surface area (Å²) in [6.45, 7) is 1.96. The Hall–Kier alpha value is -2.99. The molecule has 0 saturated heterocycles. The van der Waals surface area contributed by atoms with Crippen LogP contribution in [0, 0.1) is 6.92 Å². The fraction of sp³-hybridized carbons (Fsp3) is 0.261. The van der Waals surface area contributed by atoms with Gasteiger partial charge in [0, 0.05) is 10.4 Å². The van der Waals surface area contributed by atoms with Crippen LogP contribution in [0.2, 0.25) is 0 Å². The molecular weight excluding hydrogens is 386 g/mol. The van der Waals surface area contributed by atoms with Crippen molar-refractivity contribution in [1.29, 1.82) is 0 Å². The molecule has 1 heterocycles. The number of hydrogen-bond acceptors (Lipinski definition) is 6. The average Bonchev–Trinajstić information content (AvgIpc) is 3.04. The molecule has 3 rings (SSSR count). The van der Waals surface area contributed by atoms with Gasteiger partial charge in [0.15, 0.2) is 17.3 Å². The summed E-state index contributed by atoms with van der Waals surface area (Å²) < 4.78 is 16.1. The normalized spacial score (nSPS) is 10.6. The second-order valence-electron chi connectivity index (χ2n) is 6.62. The highest BCUT2D eigenvalue weighted by Gasteiger charge is 2.23. The molecule has 0 fully saturated rings. The number of aryl methyl sites for hydroxylation is 2. The lowest BCUT2D eigenvalue weighted by molar-refractivity contribution is 0.103. The molecule has 6 heteroatoms. The summed E-state index contributed by atoms with van der Waals surface area (Å²) in [5, 5.41) is 0.532. The molecule has 0 bridgehead atoms. The molecule has 2 N–H and O–H groups in total. The Morgan fingerprint density at radius 2 is 1.59 bits per heavy atom. The number of anilines is 1. The standard InChI is InChI=1S/C23H25NO4S/c1-14-19(11-10-15-8-6-5-7-9-15)29-23(24)20(14)21(25)16-12-17(26-2)22(28-4)18(13-16)27-3/h5-9,12-13H,10-11,24H2,1-4H3. The summed E-state index contributed by atoms with van der Waals surface area (Å²) in [6, 6.07) is 13.6. The van der Waals surface area contributed by atoms with Gasteiger partial charge in [-0.25, -0.2) is 0 Å². The molecule has 29 heavy (non-hydrogen) atoms. The van der Waals surface area contributed by atoms with Crippen molar-refractivity contribution in [2.75, 3.05) is 27.1 Å². The van der Waals surface area contributed by atoms with Crippen LogP contribution in [0.5, 0.6) is 17.2 Å². The van der Waals surface area contributed by atoms with Crippen molar-refractivity contribution in [3.05, 3.63) is 69.6 Å². The van der Waals surface area contributed by atoms with Gasteiger partial charge >= 0.3 is 0 Å². The fourth-order valence-electron chi connectivity index (χ4n) is 3.36. The molecule has 3 aromatic rings. The van der Waals surface area contributed by atoms with Crippen molar-refractivity contribution in [1.82, 2.24) is 0 Å². The third-order valence-electron chi connectivity index (χ3n) is 4.91. The van der Waals surface area contributed by atoms with Gasteiger partial charge in [-0.2, -0.15) is 0 Å². The molecule has 0 radical (unpaired) electrons. The topological polar surface area (TPSA) is 70.8 Å². The summed E-state index contributed by atoms with van der Waals surface area (Å²) in [5.74, 6) is 1.17.